The van der Waals surface area contributed by atoms with Gasteiger partial charge in [0.1, 0.15) is 0 Å². The normalized spacial score (nSPS) is 14.3. The van der Waals surface area contributed by atoms with Crippen LogP contribution in [0.5, 0.6) is 0 Å². The lowest BCUT2D eigenvalue weighted by molar-refractivity contribution is 0.0691. The van der Waals surface area contributed by atoms with E-state index in [1.165, 1.54) is 0 Å². The number of aromatic nitrogens is 3. The van der Waals surface area contributed by atoms with Crippen molar-refractivity contribution in [2.24, 2.45) is 0 Å². The van der Waals surface area contributed by atoms with Gasteiger partial charge < -0.3 is 10.2 Å². The summed E-state index contributed by atoms with van der Waals surface area (Å²) in [7, 11) is 1.85. The summed E-state index contributed by atoms with van der Waals surface area (Å²) in [5.74, 6) is 0.774. The Morgan fingerprint density at radius 1 is 1.04 bits per heavy atom. The van der Waals surface area contributed by atoms with E-state index in [-0.39, 0.29) is 30.2 Å². The smallest absolute Gasteiger partial charge is 0.293 e. The van der Waals surface area contributed by atoms with Gasteiger partial charge in [-0.05, 0) is 38.1 Å². The van der Waals surface area contributed by atoms with Crippen molar-refractivity contribution in [3.8, 4) is 17.1 Å². The van der Waals surface area contributed by atoms with Gasteiger partial charge in [-0.15, -0.1) is 17.5 Å². The lowest BCUT2D eigenvalue weighted by atomic mass is 10.1. The Morgan fingerprint density at radius 2 is 1.64 bits per heavy atom. The minimum atomic E-state index is -0.131. The number of para-hydroxylation sites is 1. The molecule has 1 aromatic heterocycles. The second-order valence-electron chi connectivity index (χ2n) is 6.77. The molecule has 0 unspecified atom stereocenters. The van der Waals surface area contributed by atoms with Gasteiger partial charge in [-0.25, -0.2) is 9.67 Å². The number of hydrogen-bond acceptors (Lipinski definition) is 4. The molecule has 0 aliphatic carbocycles. The van der Waals surface area contributed by atoms with Crippen LogP contribution in [0.25, 0.3) is 17.1 Å². The molecule has 1 saturated heterocycles. The van der Waals surface area contributed by atoms with Crippen LogP contribution in [0.4, 0.5) is 0 Å². The van der Waals surface area contributed by atoms with Crippen LogP contribution in [0.2, 0.25) is 0 Å². The predicted octanol–water partition coefficient (Wildman–Crippen LogP) is 3.18. The quantitative estimate of drug-likeness (QED) is 0.734. The third-order valence-corrected chi connectivity index (χ3v) is 5.01. The number of piperidine rings is 1. The first-order chi connectivity index (χ1) is 13.2. The molecule has 1 aliphatic heterocycles. The number of hydrogen-bond donors (Lipinski definition) is 1. The monoisotopic (exact) mass is 397 g/mol. The number of amides is 1. The zero-order valence-corrected chi connectivity index (χ0v) is 16.6. The summed E-state index contributed by atoms with van der Waals surface area (Å²) in [6.07, 6.45) is 1.90. The second kappa shape index (κ2) is 8.99. The number of nitrogens with one attached hydrogen (secondary N) is 1. The molecular formula is C21H24ClN5O. The summed E-state index contributed by atoms with van der Waals surface area (Å²) in [5, 5.41) is 7.90. The summed E-state index contributed by atoms with van der Waals surface area (Å²) in [6, 6.07) is 19.9. The fourth-order valence-electron chi connectivity index (χ4n) is 3.44. The molecular weight excluding hydrogens is 374 g/mol. The van der Waals surface area contributed by atoms with Crippen LogP contribution in [0.3, 0.4) is 0 Å². The highest BCUT2D eigenvalue weighted by Gasteiger charge is 2.27. The van der Waals surface area contributed by atoms with Crippen LogP contribution in [0.15, 0.2) is 60.7 Å². The third-order valence-electron chi connectivity index (χ3n) is 5.01. The minimum Gasteiger partial charge on any atom is -0.336 e. The molecule has 3 aromatic rings. The Morgan fingerprint density at radius 3 is 2.29 bits per heavy atom. The molecule has 0 bridgehead atoms. The fraction of sp³-hybridized carbons (Fsp3) is 0.286. The molecule has 7 heteroatoms. The standard InChI is InChI=1S/C21H23N5O.ClH/c1-25(17-12-14-22-15-13-17)21(27)19-23-20(16-8-4-2-5-9-16)26(24-19)18-10-6-3-7-11-18;/h2-11,17,22H,12-15H2,1H3;1H. The minimum absolute atomic E-state index is 0. The fourth-order valence-corrected chi connectivity index (χ4v) is 3.44. The molecule has 1 N–H and O–H groups in total. The molecule has 146 valence electrons. The SMILES string of the molecule is CN(C(=O)c1nc(-c2ccccc2)n(-c2ccccc2)n1)C1CCNCC1.Cl. The van der Waals surface area contributed by atoms with Crippen molar-refractivity contribution < 1.29 is 4.79 Å². The van der Waals surface area contributed by atoms with Crippen LogP contribution in [0.1, 0.15) is 23.5 Å². The van der Waals surface area contributed by atoms with E-state index >= 15 is 0 Å². The van der Waals surface area contributed by atoms with Crippen molar-refractivity contribution in [3.05, 3.63) is 66.5 Å². The number of carbonyl (C=O) groups excluding carboxylic acids is 1. The molecule has 0 saturated carbocycles. The molecule has 0 atom stereocenters. The molecule has 2 aromatic carbocycles. The van der Waals surface area contributed by atoms with Crippen molar-refractivity contribution >= 4 is 18.3 Å². The van der Waals surface area contributed by atoms with Gasteiger partial charge in [0.15, 0.2) is 5.82 Å². The zero-order valence-electron chi connectivity index (χ0n) is 15.8. The Bertz CT molecular complexity index is 850. The van der Waals surface area contributed by atoms with Gasteiger partial charge in [-0.2, -0.15) is 0 Å². The molecule has 1 amide bonds. The Balaban J connectivity index is 0.00000225. The Labute approximate surface area is 171 Å². The van der Waals surface area contributed by atoms with E-state index in [0.717, 1.165) is 37.2 Å². The molecule has 6 nitrogen and oxygen atoms in total. The number of halogens is 1. The van der Waals surface area contributed by atoms with Crippen molar-refractivity contribution in [2.45, 2.75) is 18.9 Å². The van der Waals surface area contributed by atoms with E-state index in [9.17, 15) is 4.79 Å². The lowest BCUT2D eigenvalue weighted by Gasteiger charge is -2.30. The van der Waals surface area contributed by atoms with Crippen LogP contribution < -0.4 is 5.32 Å². The molecule has 0 radical (unpaired) electrons. The van der Waals surface area contributed by atoms with Gasteiger partial charge in [0.2, 0.25) is 5.82 Å². The second-order valence-corrected chi connectivity index (χ2v) is 6.77. The summed E-state index contributed by atoms with van der Waals surface area (Å²) in [4.78, 5) is 19.4. The van der Waals surface area contributed by atoms with Gasteiger partial charge in [0.05, 0.1) is 5.69 Å². The Kier molecular flexibility index (Phi) is 6.44. The molecule has 1 fully saturated rings. The van der Waals surface area contributed by atoms with Crippen LogP contribution in [-0.4, -0.2) is 51.8 Å². The van der Waals surface area contributed by atoms with Crippen LogP contribution in [0, 0.1) is 0 Å². The molecule has 28 heavy (non-hydrogen) atoms. The first kappa shape index (κ1) is 20.0. The summed E-state index contributed by atoms with van der Waals surface area (Å²) in [6.45, 7) is 1.87. The maximum absolute atomic E-state index is 13.0. The average Bonchev–Trinajstić information content (AvgIpc) is 3.20. The molecule has 0 spiro atoms. The first-order valence-electron chi connectivity index (χ1n) is 9.30. The van der Waals surface area contributed by atoms with Gasteiger partial charge in [0.25, 0.3) is 5.91 Å². The number of carbonyl (C=O) groups is 1. The Hall–Kier alpha value is -2.70. The summed E-state index contributed by atoms with van der Waals surface area (Å²) < 4.78 is 1.75. The number of rotatable bonds is 4. The predicted molar refractivity (Wildman–Crippen MR) is 112 cm³/mol. The first-order valence-corrected chi connectivity index (χ1v) is 9.30. The molecule has 4 rings (SSSR count). The van der Waals surface area contributed by atoms with Gasteiger partial charge >= 0.3 is 0 Å². The highest BCUT2D eigenvalue weighted by molar-refractivity contribution is 5.91. The van der Waals surface area contributed by atoms with E-state index in [2.05, 4.69) is 15.4 Å². The van der Waals surface area contributed by atoms with Crippen molar-refractivity contribution in [1.82, 2.24) is 25.0 Å². The number of benzene rings is 2. The lowest BCUT2D eigenvalue weighted by Crippen LogP contribution is -2.44. The molecule has 2 heterocycles. The van der Waals surface area contributed by atoms with E-state index < -0.39 is 0 Å². The molecule has 1 aliphatic rings. The maximum Gasteiger partial charge on any atom is 0.293 e. The van der Waals surface area contributed by atoms with E-state index in [1.807, 2.05) is 67.7 Å². The maximum atomic E-state index is 13.0. The van der Waals surface area contributed by atoms with Crippen molar-refractivity contribution in [2.75, 3.05) is 20.1 Å². The summed E-state index contributed by atoms with van der Waals surface area (Å²) >= 11 is 0. The van der Waals surface area contributed by atoms with Crippen molar-refractivity contribution in [1.29, 1.82) is 0 Å². The van der Waals surface area contributed by atoms with E-state index in [0.29, 0.717) is 5.82 Å². The average molecular weight is 398 g/mol. The van der Waals surface area contributed by atoms with E-state index in [1.54, 1.807) is 9.58 Å². The highest BCUT2D eigenvalue weighted by atomic mass is 35.5. The van der Waals surface area contributed by atoms with E-state index in [4.69, 9.17) is 0 Å². The number of nitrogens with zero attached hydrogens (tertiary/aromatic N) is 4. The van der Waals surface area contributed by atoms with Crippen LogP contribution >= 0.6 is 12.4 Å². The van der Waals surface area contributed by atoms with Crippen molar-refractivity contribution in [3.63, 3.8) is 0 Å². The summed E-state index contributed by atoms with van der Waals surface area (Å²) in [5.41, 5.74) is 1.81. The third kappa shape index (κ3) is 4.08. The van der Waals surface area contributed by atoms with Gasteiger partial charge in [-0.1, -0.05) is 48.5 Å². The zero-order chi connectivity index (χ0) is 18.6. The van der Waals surface area contributed by atoms with Crippen LogP contribution in [-0.2, 0) is 0 Å². The largest absolute Gasteiger partial charge is 0.336 e. The highest BCUT2D eigenvalue weighted by Crippen LogP contribution is 2.22. The van der Waals surface area contributed by atoms with Gasteiger partial charge in [-0.3, -0.25) is 4.79 Å². The van der Waals surface area contributed by atoms with Gasteiger partial charge in [0, 0.05) is 18.7 Å². The topological polar surface area (TPSA) is 63.1 Å².